The Morgan fingerprint density at radius 2 is 1.97 bits per heavy atom. The molecule has 0 saturated heterocycles. The summed E-state index contributed by atoms with van der Waals surface area (Å²) in [5.41, 5.74) is 10.1. The van der Waals surface area contributed by atoms with Gasteiger partial charge in [0.1, 0.15) is 10.3 Å². The maximum atomic E-state index is 13.1. The Bertz CT molecular complexity index is 1260. The third-order valence-corrected chi connectivity index (χ3v) is 7.82. The minimum absolute atomic E-state index is 0.130. The second-order valence-electron chi connectivity index (χ2n) is 10.2. The van der Waals surface area contributed by atoms with E-state index < -0.39 is 5.91 Å². The van der Waals surface area contributed by atoms with E-state index in [0.29, 0.717) is 17.7 Å². The van der Waals surface area contributed by atoms with Gasteiger partial charge in [0.25, 0.3) is 5.91 Å². The van der Waals surface area contributed by atoms with Gasteiger partial charge in [0.2, 0.25) is 0 Å². The number of amides is 1. The molecule has 0 unspecified atom stereocenters. The van der Waals surface area contributed by atoms with Crippen LogP contribution in [-0.4, -0.2) is 38.5 Å². The van der Waals surface area contributed by atoms with Crippen molar-refractivity contribution in [1.29, 1.82) is 0 Å². The molecule has 3 aromatic rings. The van der Waals surface area contributed by atoms with E-state index in [4.69, 9.17) is 10.7 Å². The molecule has 1 amide bonds. The lowest BCUT2D eigenvalue weighted by Gasteiger charge is -2.30. The molecular weight excluding hydrogens is 436 g/mol. The number of anilines is 1. The quantitative estimate of drug-likeness (QED) is 0.529. The fourth-order valence-corrected chi connectivity index (χ4v) is 6.29. The average Bonchev–Trinajstić information content (AvgIpc) is 3.22. The molecule has 2 heterocycles. The molecule has 1 aromatic carbocycles. The van der Waals surface area contributed by atoms with E-state index >= 15 is 0 Å². The number of Topliss-reactive ketones (excluding diaryl/α,β-unsaturated/α-hetero) is 1. The fraction of sp³-hybridized carbons (Fsp3) is 0.480. The zero-order valence-corrected chi connectivity index (χ0v) is 20.1. The van der Waals surface area contributed by atoms with Crippen LogP contribution in [0.25, 0.3) is 16.0 Å². The number of fused-ring (bicyclic) bond motifs is 3. The number of nitrogens with zero attached hydrogens (tertiary/aromatic N) is 2. The van der Waals surface area contributed by atoms with Crippen molar-refractivity contribution in [3.05, 3.63) is 40.0 Å². The first kappa shape index (κ1) is 22.1. The van der Waals surface area contributed by atoms with Crippen molar-refractivity contribution in [2.45, 2.75) is 71.4 Å². The zero-order valence-electron chi connectivity index (χ0n) is 19.3. The van der Waals surface area contributed by atoms with Crippen LogP contribution in [-0.2, 0) is 6.42 Å². The van der Waals surface area contributed by atoms with Gasteiger partial charge in [-0.1, -0.05) is 13.8 Å². The van der Waals surface area contributed by atoms with Crippen LogP contribution in [0.1, 0.15) is 77.4 Å². The number of hydrogen-bond donors (Lipinski definition) is 3. The standard InChI is InChI=1S/C25H30N4O3S/c1-13-27-22-21-19(11-25(2,3)12-20(21)31)29(24(22)33-13)15-6-9-17(23(26)32)18(10-15)28-14-4-7-16(30)8-5-14/h6,9-10,14,16,28,30H,4-5,7-8,11-12H2,1-3H3,(H2,26,32). The van der Waals surface area contributed by atoms with Crippen LogP contribution in [0.3, 0.4) is 0 Å². The Labute approximate surface area is 197 Å². The summed E-state index contributed by atoms with van der Waals surface area (Å²) in [6.45, 7) is 6.20. The highest BCUT2D eigenvalue weighted by Crippen LogP contribution is 2.43. The zero-order chi connectivity index (χ0) is 23.5. The second kappa shape index (κ2) is 7.95. The second-order valence-corrected chi connectivity index (χ2v) is 11.4. The molecule has 2 aliphatic carbocycles. The number of benzene rings is 1. The molecule has 33 heavy (non-hydrogen) atoms. The number of nitrogens with one attached hydrogen (secondary N) is 1. The van der Waals surface area contributed by atoms with E-state index in [9.17, 15) is 14.7 Å². The number of aryl methyl sites for hydroxylation is 1. The highest BCUT2D eigenvalue weighted by molar-refractivity contribution is 7.18. The van der Waals surface area contributed by atoms with Crippen molar-refractivity contribution < 1.29 is 14.7 Å². The highest BCUT2D eigenvalue weighted by atomic mass is 32.1. The van der Waals surface area contributed by atoms with Gasteiger partial charge in [-0.25, -0.2) is 4.98 Å². The Morgan fingerprint density at radius 1 is 1.24 bits per heavy atom. The van der Waals surface area contributed by atoms with Crippen molar-refractivity contribution in [3.8, 4) is 5.69 Å². The molecule has 2 aliphatic rings. The summed E-state index contributed by atoms with van der Waals surface area (Å²) < 4.78 is 2.15. The van der Waals surface area contributed by atoms with Crippen LogP contribution >= 0.6 is 11.3 Å². The summed E-state index contributed by atoms with van der Waals surface area (Å²) in [7, 11) is 0. The molecule has 0 bridgehead atoms. The van der Waals surface area contributed by atoms with Gasteiger partial charge < -0.3 is 20.7 Å². The Balaban J connectivity index is 1.65. The van der Waals surface area contributed by atoms with Crippen LogP contribution in [0.15, 0.2) is 18.2 Å². The van der Waals surface area contributed by atoms with Gasteiger partial charge in [-0.2, -0.15) is 0 Å². The minimum atomic E-state index is -0.482. The summed E-state index contributed by atoms with van der Waals surface area (Å²) in [5, 5.41) is 14.3. The molecule has 0 aliphatic heterocycles. The molecule has 1 saturated carbocycles. The van der Waals surface area contributed by atoms with Gasteiger partial charge in [-0.3, -0.25) is 9.59 Å². The van der Waals surface area contributed by atoms with E-state index in [1.807, 2.05) is 19.1 Å². The molecule has 174 valence electrons. The fourth-order valence-electron chi connectivity index (χ4n) is 5.32. The number of thiazole rings is 1. The normalized spacial score (nSPS) is 22.4. The van der Waals surface area contributed by atoms with Gasteiger partial charge >= 0.3 is 0 Å². The molecule has 1 fully saturated rings. The van der Waals surface area contributed by atoms with E-state index in [-0.39, 0.29) is 23.3 Å². The van der Waals surface area contributed by atoms with Crippen LogP contribution in [0.2, 0.25) is 0 Å². The molecule has 0 spiro atoms. The average molecular weight is 467 g/mol. The Morgan fingerprint density at radius 3 is 2.67 bits per heavy atom. The van der Waals surface area contributed by atoms with Gasteiger partial charge in [-0.15, -0.1) is 11.3 Å². The third kappa shape index (κ3) is 3.95. The topological polar surface area (TPSA) is 110 Å². The smallest absolute Gasteiger partial charge is 0.250 e. The maximum absolute atomic E-state index is 13.1. The molecule has 4 N–H and O–H groups in total. The van der Waals surface area contributed by atoms with Crippen molar-refractivity contribution in [2.75, 3.05) is 5.32 Å². The lowest BCUT2D eigenvalue weighted by Crippen LogP contribution is -2.29. The number of primary amides is 1. The molecule has 5 rings (SSSR count). The van der Waals surface area contributed by atoms with Gasteiger partial charge in [0.15, 0.2) is 5.78 Å². The number of hydrogen-bond acceptors (Lipinski definition) is 6. The molecular formula is C25H30N4O3S. The van der Waals surface area contributed by atoms with E-state index in [1.165, 1.54) is 0 Å². The molecule has 0 atom stereocenters. The van der Waals surface area contributed by atoms with Crippen LogP contribution in [0, 0.1) is 12.3 Å². The van der Waals surface area contributed by atoms with E-state index in [2.05, 4.69) is 23.7 Å². The predicted molar refractivity (Wildman–Crippen MR) is 131 cm³/mol. The number of aliphatic hydroxyl groups excluding tert-OH is 1. The van der Waals surface area contributed by atoms with Crippen LogP contribution < -0.4 is 11.1 Å². The molecule has 2 aromatic heterocycles. The van der Waals surface area contributed by atoms with Crippen molar-refractivity contribution in [2.24, 2.45) is 11.1 Å². The third-order valence-electron chi connectivity index (χ3n) is 6.86. The first-order valence-electron chi connectivity index (χ1n) is 11.6. The van der Waals surface area contributed by atoms with Gasteiger partial charge in [0, 0.05) is 29.5 Å². The lowest BCUT2D eigenvalue weighted by atomic mass is 9.76. The number of carbonyl (C=O) groups is 2. The number of aliphatic hydroxyl groups is 1. The summed E-state index contributed by atoms with van der Waals surface area (Å²) in [4.78, 5) is 31.0. The first-order valence-corrected chi connectivity index (χ1v) is 12.4. The first-order chi connectivity index (χ1) is 15.6. The summed E-state index contributed by atoms with van der Waals surface area (Å²) in [6, 6.07) is 5.80. The summed E-state index contributed by atoms with van der Waals surface area (Å²) >= 11 is 1.58. The van der Waals surface area contributed by atoms with Crippen LogP contribution in [0.4, 0.5) is 5.69 Å². The molecule has 0 radical (unpaired) electrons. The summed E-state index contributed by atoms with van der Waals surface area (Å²) in [5.74, 6) is -0.340. The van der Waals surface area contributed by atoms with E-state index in [0.717, 1.165) is 64.4 Å². The number of carbonyl (C=O) groups excluding carboxylic acids is 2. The minimum Gasteiger partial charge on any atom is -0.393 e. The van der Waals surface area contributed by atoms with Gasteiger partial charge in [0.05, 0.1) is 22.2 Å². The predicted octanol–water partition coefficient (Wildman–Crippen LogP) is 4.36. The maximum Gasteiger partial charge on any atom is 0.250 e. The molecule has 8 heteroatoms. The number of ketones is 1. The van der Waals surface area contributed by atoms with Gasteiger partial charge in [-0.05, 0) is 62.6 Å². The summed E-state index contributed by atoms with van der Waals surface area (Å²) in [6.07, 6.45) is 4.19. The molecule has 7 nitrogen and oxygen atoms in total. The Kier molecular flexibility index (Phi) is 5.33. The largest absolute Gasteiger partial charge is 0.393 e. The monoisotopic (exact) mass is 466 g/mol. The highest BCUT2D eigenvalue weighted by Gasteiger charge is 2.37. The van der Waals surface area contributed by atoms with Crippen LogP contribution in [0.5, 0.6) is 0 Å². The Hall–Kier alpha value is -2.71. The SMILES string of the molecule is Cc1nc2c3c(n(-c4ccc(C(N)=O)c(NC5CCC(O)CC5)c4)c2s1)CC(C)(C)CC3=O. The van der Waals surface area contributed by atoms with Crippen molar-refractivity contribution >= 4 is 39.1 Å². The van der Waals surface area contributed by atoms with Crippen molar-refractivity contribution in [1.82, 2.24) is 9.55 Å². The number of aromatic nitrogens is 2. The van der Waals surface area contributed by atoms with Crippen molar-refractivity contribution in [3.63, 3.8) is 0 Å². The number of nitrogens with two attached hydrogens (primary N) is 1. The number of rotatable bonds is 4. The van der Waals surface area contributed by atoms with E-state index in [1.54, 1.807) is 17.4 Å². The lowest BCUT2D eigenvalue weighted by molar-refractivity contribution is 0.0911.